The lowest BCUT2D eigenvalue weighted by atomic mass is 10.0. The second kappa shape index (κ2) is 17.3. The van der Waals surface area contributed by atoms with Gasteiger partial charge < -0.3 is 4.74 Å². The van der Waals surface area contributed by atoms with Gasteiger partial charge in [-0.25, -0.2) is 0 Å². The molecule has 21 heavy (non-hydrogen) atoms. The molecule has 0 heterocycles. The Balaban J connectivity index is 4.22. The molecule has 0 rings (SSSR count). The molecule has 0 aliphatic rings. The third-order valence-electron chi connectivity index (χ3n) is 3.96. The van der Waals surface area contributed by atoms with Gasteiger partial charge in [-0.2, -0.15) is 0 Å². The number of alkyl halides is 2. The van der Waals surface area contributed by atoms with Crippen molar-refractivity contribution in [3.8, 4) is 0 Å². The van der Waals surface area contributed by atoms with Gasteiger partial charge in [-0.15, -0.1) is 0 Å². The van der Waals surface area contributed by atoms with Crippen molar-refractivity contribution in [2.24, 2.45) is 0 Å². The van der Waals surface area contributed by atoms with Crippen molar-refractivity contribution in [2.45, 2.75) is 103 Å². The fourth-order valence-electron chi connectivity index (χ4n) is 2.63. The standard InChI is InChI=1S/C18H36Br2O/c1-3-5-11-17(13-7-9-15-19)21-18(12-6-4-2)14-8-10-16-20/h17-18H,3-16H2,1-2H3. The van der Waals surface area contributed by atoms with Gasteiger partial charge in [0.1, 0.15) is 0 Å². The van der Waals surface area contributed by atoms with Gasteiger partial charge in [0.2, 0.25) is 0 Å². The Morgan fingerprint density at radius 3 is 1.33 bits per heavy atom. The van der Waals surface area contributed by atoms with Crippen molar-refractivity contribution in [1.82, 2.24) is 0 Å². The van der Waals surface area contributed by atoms with Crippen LogP contribution in [0.3, 0.4) is 0 Å². The molecular formula is C18H36Br2O. The Morgan fingerprint density at radius 1 is 0.619 bits per heavy atom. The van der Waals surface area contributed by atoms with Gasteiger partial charge in [0.15, 0.2) is 0 Å². The summed E-state index contributed by atoms with van der Waals surface area (Å²) in [5.41, 5.74) is 0. The summed E-state index contributed by atoms with van der Waals surface area (Å²) in [5, 5.41) is 2.25. The normalized spacial score (nSPS) is 14.3. The Kier molecular flexibility index (Phi) is 18.0. The molecule has 0 aliphatic heterocycles. The summed E-state index contributed by atoms with van der Waals surface area (Å²) < 4.78 is 6.52. The maximum atomic E-state index is 6.52. The summed E-state index contributed by atoms with van der Waals surface area (Å²) in [5.74, 6) is 0. The fourth-order valence-corrected chi connectivity index (χ4v) is 3.42. The number of hydrogen-bond acceptors (Lipinski definition) is 1. The number of ether oxygens (including phenoxy) is 1. The summed E-state index contributed by atoms with van der Waals surface area (Å²) >= 11 is 7.07. The van der Waals surface area contributed by atoms with Crippen LogP contribution in [0.4, 0.5) is 0 Å². The number of halogens is 2. The predicted molar refractivity (Wildman–Crippen MR) is 103 cm³/mol. The van der Waals surface area contributed by atoms with Crippen molar-refractivity contribution in [3.05, 3.63) is 0 Å². The molecule has 0 radical (unpaired) electrons. The zero-order chi connectivity index (χ0) is 15.8. The third kappa shape index (κ3) is 14.3. The highest BCUT2D eigenvalue weighted by Gasteiger charge is 2.16. The molecule has 1 nitrogen and oxygen atoms in total. The highest BCUT2D eigenvalue weighted by molar-refractivity contribution is 9.09. The fraction of sp³-hybridized carbons (Fsp3) is 1.00. The van der Waals surface area contributed by atoms with Gasteiger partial charge in [-0.3, -0.25) is 0 Å². The van der Waals surface area contributed by atoms with Crippen LogP contribution >= 0.6 is 31.9 Å². The average molecular weight is 428 g/mol. The van der Waals surface area contributed by atoms with Crippen LogP contribution in [-0.2, 0) is 4.74 Å². The van der Waals surface area contributed by atoms with E-state index in [1.165, 1.54) is 77.0 Å². The van der Waals surface area contributed by atoms with E-state index in [4.69, 9.17) is 4.74 Å². The SMILES string of the molecule is CCCCC(CCCCBr)OC(CCCC)CCCCBr. The predicted octanol–water partition coefficient (Wildman–Crippen LogP) is 7.25. The van der Waals surface area contributed by atoms with Crippen LogP contribution in [0, 0.1) is 0 Å². The minimum absolute atomic E-state index is 0.495. The van der Waals surface area contributed by atoms with E-state index < -0.39 is 0 Å². The largest absolute Gasteiger partial charge is 0.375 e. The summed E-state index contributed by atoms with van der Waals surface area (Å²) in [7, 11) is 0. The molecule has 0 aromatic heterocycles. The van der Waals surface area contributed by atoms with E-state index in [9.17, 15) is 0 Å². The van der Waals surface area contributed by atoms with E-state index in [-0.39, 0.29) is 0 Å². The first-order valence-electron chi connectivity index (χ1n) is 9.05. The molecule has 0 fully saturated rings. The van der Waals surface area contributed by atoms with Crippen LogP contribution in [0.2, 0.25) is 0 Å². The van der Waals surface area contributed by atoms with Gasteiger partial charge in [0.25, 0.3) is 0 Å². The molecule has 0 amide bonds. The summed E-state index contributed by atoms with van der Waals surface area (Å²) in [4.78, 5) is 0. The van der Waals surface area contributed by atoms with E-state index in [0.29, 0.717) is 12.2 Å². The lowest BCUT2D eigenvalue weighted by Crippen LogP contribution is -2.23. The van der Waals surface area contributed by atoms with E-state index in [1.807, 2.05) is 0 Å². The monoisotopic (exact) mass is 426 g/mol. The molecule has 0 N–H and O–H groups in total. The van der Waals surface area contributed by atoms with Gasteiger partial charge in [-0.05, 0) is 38.5 Å². The molecule has 0 saturated carbocycles. The second-order valence-corrected chi connectivity index (χ2v) is 7.62. The average Bonchev–Trinajstić information content (AvgIpc) is 2.50. The Bertz CT molecular complexity index is 180. The Hall–Kier alpha value is 0.920. The van der Waals surface area contributed by atoms with Gasteiger partial charge in [0, 0.05) is 10.7 Å². The molecule has 0 saturated heterocycles. The zero-order valence-electron chi connectivity index (χ0n) is 14.2. The molecule has 0 bridgehead atoms. The Labute approximate surface area is 150 Å². The van der Waals surface area contributed by atoms with Gasteiger partial charge >= 0.3 is 0 Å². The van der Waals surface area contributed by atoms with E-state index in [1.54, 1.807) is 0 Å². The van der Waals surface area contributed by atoms with Crippen molar-refractivity contribution in [1.29, 1.82) is 0 Å². The van der Waals surface area contributed by atoms with Crippen LogP contribution in [0.25, 0.3) is 0 Å². The van der Waals surface area contributed by atoms with E-state index in [2.05, 4.69) is 45.7 Å². The van der Waals surface area contributed by atoms with Crippen molar-refractivity contribution in [3.63, 3.8) is 0 Å². The molecule has 0 spiro atoms. The van der Waals surface area contributed by atoms with Gasteiger partial charge in [0.05, 0.1) is 12.2 Å². The molecule has 2 atom stereocenters. The lowest BCUT2D eigenvalue weighted by Gasteiger charge is -2.25. The van der Waals surface area contributed by atoms with Crippen molar-refractivity contribution in [2.75, 3.05) is 10.7 Å². The number of hydrogen-bond donors (Lipinski definition) is 0. The third-order valence-corrected chi connectivity index (χ3v) is 5.09. The van der Waals surface area contributed by atoms with Gasteiger partial charge in [-0.1, -0.05) is 84.2 Å². The summed E-state index contributed by atoms with van der Waals surface area (Å²) in [6.45, 7) is 4.56. The quantitative estimate of drug-likeness (QED) is 0.186. The van der Waals surface area contributed by atoms with E-state index >= 15 is 0 Å². The van der Waals surface area contributed by atoms with Crippen LogP contribution in [0.15, 0.2) is 0 Å². The zero-order valence-corrected chi connectivity index (χ0v) is 17.4. The highest BCUT2D eigenvalue weighted by Crippen LogP contribution is 2.21. The molecule has 0 aliphatic carbocycles. The van der Waals surface area contributed by atoms with Crippen LogP contribution in [0.1, 0.15) is 90.9 Å². The van der Waals surface area contributed by atoms with E-state index in [0.717, 1.165) is 10.7 Å². The lowest BCUT2D eigenvalue weighted by molar-refractivity contribution is -0.0316. The van der Waals surface area contributed by atoms with Crippen molar-refractivity contribution >= 4 is 31.9 Å². The first-order chi connectivity index (χ1) is 10.3. The molecule has 0 aromatic carbocycles. The molecule has 3 heteroatoms. The smallest absolute Gasteiger partial charge is 0.0578 e. The van der Waals surface area contributed by atoms with Crippen LogP contribution in [0.5, 0.6) is 0 Å². The summed E-state index contributed by atoms with van der Waals surface area (Å²) in [6, 6.07) is 0. The summed E-state index contributed by atoms with van der Waals surface area (Å²) in [6.07, 6.45) is 16.3. The minimum atomic E-state index is 0.495. The highest BCUT2D eigenvalue weighted by atomic mass is 79.9. The molecule has 2 unspecified atom stereocenters. The molecular weight excluding hydrogens is 392 g/mol. The molecule has 0 aromatic rings. The van der Waals surface area contributed by atoms with Crippen LogP contribution < -0.4 is 0 Å². The minimum Gasteiger partial charge on any atom is -0.375 e. The maximum Gasteiger partial charge on any atom is 0.0578 e. The van der Waals surface area contributed by atoms with Crippen LogP contribution in [-0.4, -0.2) is 22.9 Å². The topological polar surface area (TPSA) is 9.23 Å². The first kappa shape index (κ1) is 21.9. The first-order valence-corrected chi connectivity index (χ1v) is 11.3. The van der Waals surface area contributed by atoms with Crippen molar-refractivity contribution < 1.29 is 4.74 Å². The maximum absolute atomic E-state index is 6.52. The number of rotatable bonds is 16. The molecule has 128 valence electrons. The number of unbranched alkanes of at least 4 members (excludes halogenated alkanes) is 4. The second-order valence-electron chi connectivity index (χ2n) is 6.03. The Morgan fingerprint density at radius 2 is 1.00 bits per heavy atom.